The fraction of sp³-hybridized carbons (Fsp3) is 0.375. The van der Waals surface area contributed by atoms with E-state index < -0.39 is 0 Å². The third-order valence-corrected chi connectivity index (χ3v) is 3.88. The lowest BCUT2D eigenvalue weighted by molar-refractivity contribution is 0.563. The number of halogens is 2. The monoisotopic (exact) mass is 323 g/mol. The van der Waals surface area contributed by atoms with Gasteiger partial charge in [0.15, 0.2) is 0 Å². The lowest BCUT2D eigenvalue weighted by Gasteiger charge is -2.19. The van der Waals surface area contributed by atoms with Crippen LogP contribution in [0, 0.1) is 0 Å². The Kier molecular flexibility index (Phi) is 4.74. The maximum Gasteiger partial charge on any atom is 0.135 e. The van der Waals surface area contributed by atoms with Crippen LogP contribution in [0.4, 0.5) is 5.82 Å². The second-order valence-electron chi connectivity index (χ2n) is 5.98. The predicted octanol–water partition coefficient (Wildman–Crippen LogP) is 4.71. The number of hydrogen-bond donors (Lipinski definition) is 1. The molecule has 0 saturated carbocycles. The highest BCUT2D eigenvalue weighted by atomic mass is 35.5. The van der Waals surface area contributed by atoms with E-state index in [0.717, 1.165) is 22.9 Å². The number of nitrogens with one attached hydrogen (secondary N) is 1. The smallest absolute Gasteiger partial charge is 0.135 e. The van der Waals surface area contributed by atoms with E-state index in [1.807, 2.05) is 25.2 Å². The number of rotatable bonds is 3. The molecule has 0 amide bonds. The van der Waals surface area contributed by atoms with E-state index in [0.29, 0.717) is 16.5 Å². The van der Waals surface area contributed by atoms with Crippen LogP contribution in [-0.4, -0.2) is 17.0 Å². The molecule has 0 unspecified atom stereocenters. The van der Waals surface area contributed by atoms with Crippen LogP contribution in [0.25, 0.3) is 0 Å². The highest BCUT2D eigenvalue weighted by molar-refractivity contribution is 6.42. The predicted molar refractivity (Wildman–Crippen MR) is 89.5 cm³/mol. The maximum atomic E-state index is 6.06. The Bertz CT molecular complexity index is 648. The zero-order valence-electron chi connectivity index (χ0n) is 12.7. The van der Waals surface area contributed by atoms with E-state index in [-0.39, 0.29) is 5.41 Å². The van der Waals surface area contributed by atoms with Crippen molar-refractivity contribution in [1.29, 1.82) is 0 Å². The van der Waals surface area contributed by atoms with Crippen LogP contribution in [0.3, 0.4) is 0 Å². The molecule has 0 radical (unpaired) electrons. The number of hydrogen-bond acceptors (Lipinski definition) is 3. The van der Waals surface area contributed by atoms with Gasteiger partial charge in [-0.15, -0.1) is 0 Å². The molecule has 0 aliphatic carbocycles. The summed E-state index contributed by atoms with van der Waals surface area (Å²) in [6.07, 6.45) is 0.621. The molecule has 0 aliphatic rings. The molecule has 3 nitrogen and oxygen atoms in total. The average molecular weight is 324 g/mol. The van der Waals surface area contributed by atoms with Crippen LogP contribution in [0.15, 0.2) is 24.3 Å². The van der Waals surface area contributed by atoms with Crippen molar-refractivity contribution in [1.82, 2.24) is 9.97 Å². The van der Waals surface area contributed by atoms with Crippen LogP contribution in [0.1, 0.15) is 37.9 Å². The first-order valence-corrected chi connectivity index (χ1v) is 7.55. The van der Waals surface area contributed by atoms with E-state index >= 15 is 0 Å². The van der Waals surface area contributed by atoms with Gasteiger partial charge in [-0.1, -0.05) is 50.0 Å². The minimum absolute atomic E-state index is 0.0269. The third-order valence-electron chi connectivity index (χ3n) is 3.14. The van der Waals surface area contributed by atoms with Crippen LogP contribution < -0.4 is 5.32 Å². The molecule has 0 aliphatic heterocycles. The van der Waals surface area contributed by atoms with Crippen LogP contribution in [0.5, 0.6) is 0 Å². The largest absolute Gasteiger partial charge is 0.373 e. The molecule has 1 aromatic carbocycles. The van der Waals surface area contributed by atoms with Gasteiger partial charge in [0, 0.05) is 24.9 Å². The Labute approximate surface area is 135 Å². The molecular weight excluding hydrogens is 305 g/mol. The number of nitrogens with zero attached hydrogens (tertiary/aromatic N) is 2. The number of benzene rings is 1. The fourth-order valence-corrected chi connectivity index (χ4v) is 2.24. The Hall–Kier alpha value is -1.32. The average Bonchev–Trinajstić information content (AvgIpc) is 2.41. The zero-order chi connectivity index (χ0) is 15.6. The lowest BCUT2D eigenvalue weighted by Crippen LogP contribution is -2.16. The van der Waals surface area contributed by atoms with Gasteiger partial charge in [-0.2, -0.15) is 0 Å². The van der Waals surface area contributed by atoms with Gasteiger partial charge in [0.05, 0.1) is 15.7 Å². The number of aromatic nitrogens is 2. The molecule has 1 aromatic heterocycles. The maximum absolute atomic E-state index is 6.06. The summed E-state index contributed by atoms with van der Waals surface area (Å²) in [5, 5.41) is 4.19. The van der Waals surface area contributed by atoms with Gasteiger partial charge in [-0.25, -0.2) is 9.97 Å². The normalized spacial score (nSPS) is 11.5. The van der Waals surface area contributed by atoms with Gasteiger partial charge in [-0.3, -0.25) is 0 Å². The molecule has 0 fully saturated rings. The zero-order valence-corrected chi connectivity index (χ0v) is 14.2. The molecule has 1 N–H and O–H groups in total. The minimum atomic E-state index is -0.0269. The quantitative estimate of drug-likeness (QED) is 0.888. The van der Waals surface area contributed by atoms with Gasteiger partial charge >= 0.3 is 0 Å². The number of anilines is 1. The van der Waals surface area contributed by atoms with Crippen LogP contribution >= 0.6 is 23.2 Å². The van der Waals surface area contributed by atoms with E-state index in [2.05, 4.69) is 36.1 Å². The molecular formula is C16H19Cl2N3. The van der Waals surface area contributed by atoms with Crippen molar-refractivity contribution in [3.63, 3.8) is 0 Å². The molecule has 2 aromatic rings. The standard InChI is InChI=1S/C16H19Cl2N3/c1-16(2,3)13-9-14(19-4)21-15(20-13)8-10-5-6-11(17)12(18)7-10/h5-7,9H,8H2,1-4H3,(H,19,20,21). The molecule has 0 bridgehead atoms. The molecule has 5 heteroatoms. The first-order valence-electron chi connectivity index (χ1n) is 6.79. The van der Waals surface area contributed by atoms with Gasteiger partial charge in [0.2, 0.25) is 0 Å². The van der Waals surface area contributed by atoms with E-state index in [1.54, 1.807) is 6.07 Å². The van der Waals surface area contributed by atoms with Crippen molar-refractivity contribution < 1.29 is 0 Å². The second-order valence-corrected chi connectivity index (χ2v) is 6.79. The lowest BCUT2D eigenvalue weighted by atomic mass is 9.92. The van der Waals surface area contributed by atoms with E-state index in [1.165, 1.54) is 0 Å². The Morgan fingerprint density at radius 3 is 2.33 bits per heavy atom. The van der Waals surface area contributed by atoms with Gasteiger partial charge in [0.25, 0.3) is 0 Å². The highest BCUT2D eigenvalue weighted by Gasteiger charge is 2.18. The van der Waals surface area contributed by atoms with E-state index in [9.17, 15) is 0 Å². The first-order chi connectivity index (χ1) is 9.79. The molecule has 21 heavy (non-hydrogen) atoms. The van der Waals surface area contributed by atoms with Crippen molar-refractivity contribution in [2.75, 3.05) is 12.4 Å². The van der Waals surface area contributed by atoms with Gasteiger partial charge in [-0.05, 0) is 17.7 Å². The Balaban J connectivity index is 2.36. The molecule has 0 spiro atoms. The van der Waals surface area contributed by atoms with Crippen molar-refractivity contribution in [2.45, 2.75) is 32.6 Å². The van der Waals surface area contributed by atoms with Crippen molar-refractivity contribution in [3.8, 4) is 0 Å². The van der Waals surface area contributed by atoms with E-state index in [4.69, 9.17) is 23.2 Å². The van der Waals surface area contributed by atoms with Crippen molar-refractivity contribution in [3.05, 3.63) is 51.4 Å². The highest BCUT2D eigenvalue weighted by Crippen LogP contribution is 2.25. The fourth-order valence-electron chi connectivity index (χ4n) is 1.92. The topological polar surface area (TPSA) is 37.8 Å². The molecule has 1 heterocycles. The minimum Gasteiger partial charge on any atom is -0.373 e. The Morgan fingerprint density at radius 1 is 1.05 bits per heavy atom. The van der Waals surface area contributed by atoms with Crippen molar-refractivity contribution >= 4 is 29.0 Å². The summed E-state index contributed by atoms with van der Waals surface area (Å²) < 4.78 is 0. The summed E-state index contributed by atoms with van der Waals surface area (Å²) >= 11 is 12.0. The van der Waals surface area contributed by atoms with Crippen LogP contribution in [-0.2, 0) is 11.8 Å². The first kappa shape index (κ1) is 16.1. The molecule has 0 saturated heterocycles. The summed E-state index contributed by atoms with van der Waals surface area (Å²) in [5.74, 6) is 1.59. The molecule has 0 atom stereocenters. The van der Waals surface area contributed by atoms with Crippen LogP contribution in [0.2, 0.25) is 10.0 Å². The van der Waals surface area contributed by atoms with Crippen molar-refractivity contribution in [2.24, 2.45) is 0 Å². The SMILES string of the molecule is CNc1cc(C(C)(C)C)nc(Cc2ccc(Cl)c(Cl)c2)n1. The summed E-state index contributed by atoms with van der Waals surface area (Å²) in [6, 6.07) is 7.58. The summed E-state index contributed by atoms with van der Waals surface area (Å²) in [4.78, 5) is 9.19. The summed E-state index contributed by atoms with van der Waals surface area (Å²) in [6.45, 7) is 6.41. The van der Waals surface area contributed by atoms with Gasteiger partial charge < -0.3 is 5.32 Å². The Morgan fingerprint density at radius 2 is 1.76 bits per heavy atom. The molecule has 112 valence electrons. The third kappa shape index (κ3) is 4.08. The summed E-state index contributed by atoms with van der Waals surface area (Å²) in [7, 11) is 1.86. The summed E-state index contributed by atoms with van der Waals surface area (Å²) in [5.41, 5.74) is 2.02. The van der Waals surface area contributed by atoms with Gasteiger partial charge in [0.1, 0.15) is 11.6 Å². The molecule has 2 rings (SSSR count). The second kappa shape index (κ2) is 6.20.